The van der Waals surface area contributed by atoms with Gasteiger partial charge < -0.3 is 10.1 Å². The van der Waals surface area contributed by atoms with Crippen molar-refractivity contribution < 1.29 is 14.3 Å². The van der Waals surface area contributed by atoms with Crippen LogP contribution in [0.4, 0.5) is 0 Å². The number of amides is 2. The third-order valence-corrected chi connectivity index (χ3v) is 4.01. The van der Waals surface area contributed by atoms with Crippen LogP contribution in [0, 0.1) is 6.92 Å². The van der Waals surface area contributed by atoms with Gasteiger partial charge in [0.05, 0.1) is 16.3 Å². The van der Waals surface area contributed by atoms with Gasteiger partial charge in [0, 0.05) is 6.54 Å². The second-order valence-corrected chi connectivity index (χ2v) is 6.46. The summed E-state index contributed by atoms with van der Waals surface area (Å²) < 4.78 is 5.72. The molecule has 27 heavy (non-hydrogen) atoms. The largest absolute Gasteiger partial charge is 0.486 e. The minimum Gasteiger partial charge on any atom is -0.486 e. The van der Waals surface area contributed by atoms with Crippen LogP contribution in [0.1, 0.15) is 23.6 Å². The van der Waals surface area contributed by atoms with E-state index in [0.29, 0.717) is 34.5 Å². The number of hydrazone groups is 1. The molecule has 0 aliphatic heterocycles. The van der Waals surface area contributed by atoms with Crippen LogP contribution in [0.3, 0.4) is 0 Å². The lowest BCUT2D eigenvalue weighted by Gasteiger charge is -2.11. The number of hydrogen-bond acceptors (Lipinski definition) is 4. The lowest BCUT2D eigenvalue weighted by atomic mass is 10.2. The van der Waals surface area contributed by atoms with Gasteiger partial charge in [0.2, 0.25) is 0 Å². The monoisotopic (exact) mass is 407 g/mol. The maximum absolute atomic E-state index is 11.4. The number of nitrogens with one attached hydrogen (secondary N) is 2. The second-order valence-electron chi connectivity index (χ2n) is 5.65. The summed E-state index contributed by atoms with van der Waals surface area (Å²) in [7, 11) is 0. The number of benzene rings is 2. The molecule has 0 heterocycles. The summed E-state index contributed by atoms with van der Waals surface area (Å²) in [6.45, 7) is 4.40. The normalized spacial score (nSPS) is 10.7. The van der Waals surface area contributed by atoms with E-state index < -0.39 is 11.8 Å². The van der Waals surface area contributed by atoms with Crippen molar-refractivity contribution in [3.8, 4) is 5.75 Å². The van der Waals surface area contributed by atoms with Gasteiger partial charge in [-0.3, -0.25) is 9.59 Å². The molecular weight excluding hydrogens is 389 g/mol. The van der Waals surface area contributed by atoms with Crippen molar-refractivity contribution in [2.24, 2.45) is 5.10 Å². The Kier molecular flexibility index (Phi) is 7.64. The molecule has 0 aromatic heterocycles. The van der Waals surface area contributed by atoms with E-state index in [0.717, 1.165) is 11.1 Å². The van der Waals surface area contributed by atoms with E-state index in [1.165, 1.54) is 6.21 Å². The molecule has 6 nitrogen and oxygen atoms in total. The maximum Gasteiger partial charge on any atom is 0.329 e. The van der Waals surface area contributed by atoms with E-state index in [2.05, 4.69) is 15.8 Å². The number of halogens is 2. The van der Waals surface area contributed by atoms with Crippen molar-refractivity contribution in [3.63, 3.8) is 0 Å². The van der Waals surface area contributed by atoms with Gasteiger partial charge in [-0.25, -0.2) is 5.43 Å². The van der Waals surface area contributed by atoms with E-state index in [1.807, 2.05) is 31.2 Å². The van der Waals surface area contributed by atoms with Crippen LogP contribution >= 0.6 is 23.2 Å². The predicted octanol–water partition coefficient (Wildman–Crippen LogP) is 3.47. The van der Waals surface area contributed by atoms with Crippen molar-refractivity contribution >= 4 is 41.2 Å². The molecule has 2 rings (SSSR count). The molecule has 0 atom stereocenters. The third-order valence-electron chi connectivity index (χ3n) is 3.45. The number of likely N-dealkylation sites (N-methyl/N-ethyl adjacent to an activating group) is 1. The SMILES string of the molecule is CCNC(=O)C(=O)N/N=C\c1cc(Cl)c(OCc2ccc(C)cc2)c(Cl)c1. The first kappa shape index (κ1) is 20.7. The Morgan fingerprint density at radius 2 is 1.74 bits per heavy atom. The number of rotatable bonds is 6. The molecule has 0 radical (unpaired) electrons. The molecule has 0 saturated heterocycles. The smallest absolute Gasteiger partial charge is 0.329 e. The van der Waals surface area contributed by atoms with Crippen LogP contribution in [-0.2, 0) is 16.2 Å². The number of ether oxygens (including phenoxy) is 1. The Labute approximate surface area is 167 Å². The average Bonchev–Trinajstić information content (AvgIpc) is 2.62. The average molecular weight is 408 g/mol. The van der Waals surface area contributed by atoms with Crippen molar-refractivity contribution in [1.82, 2.24) is 10.7 Å². The lowest BCUT2D eigenvalue weighted by molar-refractivity contribution is -0.139. The van der Waals surface area contributed by atoms with Gasteiger partial charge in [-0.15, -0.1) is 0 Å². The third kappa shape index (κ3) is 6.27. The first-order chi connectivity index (χ1) is 12.9. The van der Waals surface area contributed by atoms with Crippen molar-refractivity contribution in [1.29, 1.82) is 0 Å². The molecule has 0 bridgehead atoms. The van der Waals surface area contributed by atoms with E-state index in [9.17, 15) is 9.59 Å². The highest BCUT2D eigenvalue weighted by Crippen LogP contribution is 2.34. The molecule has 2 amide bonds. The quantitative estimate of drug-likeness (QED) is 0.437. The minimum atomic E-state index is -0.858. The van der Waals surface area contributed by atoms with E-state index in [1.54, 1.807) is 19.1 Å². The maximum atomic E-state index is 11.4. The standard InChI is InChI=1S/C19H19Cl2N3O3/c1-3-22-18(25)19(26)24-23-10-14-8-15(20)17(16(21)9-14)27-11-13-6-4-12(2)5-7-13/h4-10H,3,11H2,1-2H3,(H,22,25)(H,24,26)/b23-10-. The number of carbonyl (C=O) groups excluding carboxylic acids is 2. The Morgan fingerprint density at radius 3 is 2.33 bits per heavy atom. The van der Waals surface area contributed by atoms with Gasteiger partial charge in [0.1, 0.15) is 6.61 Å². The summed E-state index contributed by atoms with van der Waals surface area (Å²) in [5, 5.41) is 6.70. The topological polar surface area (TPSA) is 79.8 Å². The fourth-order valence-electron chi connectivity index (χ4n) is 2.09. The Hall–Kier alpha value is -2.57. The van der Waals surface area contributed by atoms with Gasteiger partial charge in [-0.1, -0.05) is 53.0 Å². The van der Waals surface area contributed by atoms with Gasteiger partial charge in [0.25, 0.3) is 0 Å². The molecule has 142 valence electrons. The van der Waals surface area contributed by atoms with Gasteiger partial charge in [0.15, 0.2) is 5.75 Å². The summed E-state index contributed by atoms with van der Waals surface area (Å²) in [6, 6.07) is 11.1. The summed E-state index contributed by atoms with van der Waals surface area (Å²) in [5.41, 5.74) is 4.82. The molecule has 0 unspecified atom stereocenters. The Morgan fingerprint density at radius 1 is 1.11 bits per heavy atom. The summed E-state index contributed by atoms with van der Waals surface area (Å²) in [5.74, 6) is -1.25. The van der Waals surface area contributed by atoms with E-state index >= 15 is 0 Å². The van der Waals surface area contributed by atoms with Crippen molar-refractivity contribution in [2.75, 3.05) is 6.54 Å². The summed E-state index contributed by atoms with van der Waals surface area (Å²) in [4.78, 5) is 22.7. The van der Waals surface area contributed by atoms with Crippen LogP contribution in [0.5, 0.6) is 5.75 Å². The fourth-order valence-corrected chi connectivity index (χ4v) is 2.70. The molecule has 0 aliphatic rings. The van der Waals surface area contributed by atoms with E-state index in [4.69, 9.17) is 27.9 Å². The summed E-state index contributed by atoms with van der Waals surface area (Å²) >= 11 is 12.5. The lowest BCUT2D eigenvalue weighted by Crippen LogP contribution is -2.37. The molecule has 0 spiro atoms. The highest BCUT2D eigenvalue weighted by Gasteiger charge is 2.11. The van der Waals surface area contributed by atoms with Crippen molar-refractivity contribution in [3.05, 3.63) is 63.1 Å². The van der Waals surface area contributed by atoms with Crippen LogP contribution < -0.4 is 15.5 Å². The number of hydrogen-bond donors (Lipinski definition) is 2. The Bertz CT molecular complexity index is 829. The van der Waals surface area contributed by atoms with Gasteiger partial charge in [-0.05, 0) is 37.1 Å². The molecule has 0 fully saturated rings. The van der Waals surface area contributed by atoms with Gasteiger partial charge >= 0.3 is 11.8 Å². The molecule has 0 saturated carbocycles. The zero-order chi connectivity index (χ0) is 19.8. The molecule has 0 aliphatic carbocycles. The first-order valence-electron chi connectivity index (χ1n) is 8.19. The van der Waals surface area contributed by atoms with Crippen molar-refractivity contribution in [2.45, 2.75) is 20.5 Å². The minimum absolute atomic E-state index is 0.311. The number of aryl methyl sites for hydroxylation is 1. The number of nitrogens with zero attached hydrogens (tertiary/aromatic N) is 1. The highest BCUT2D eigenvalue weighted by molar-refractivity contribution is 6.37. The van der Waals surface area contributed by atoms with Crippen LogP contribution in [-0.4, -0.2) is 24.6 Å². The van der Waals surface area contributed by atoms with Crippen LogP contribution in [0.2, 0.25) is 10.0 Å². The van der Waals surface area contributed by atoms with E-state index in [-0.39, 0.29) is 0 Å². The fraction of sp³-hybridized carbons (Fsp3) is 0.211. The summed E-state index contributed by atoms with van der Waals surface area (Å²) in [6.07, 6.45) is 1.33. The molecular formula is C19H19Cl2N3O3. The highest BCUT2D eigenvalue weighted by atomic mass is 35.5. The molecule has 8 heteroatoms. The zero-order valence-electron chi connectivity index (χ0n) is 14.9. The Balaban J connectivity index is 2.01. The second kappa shape index (κ2) is 9.94. The zero-order valence-corrected chi connectivity index (χ0v) is 16.4. The first-order valence-corrected chi connectivity index (χ1v) is 8.95. The van der Waals surface area contributed by atoms with Crippen LogP contribution in [0.25, 0.3) is 0 Å². The molecule has 2 aromatic carbocycles. The number of carbonyl (C=O) groups is 2. The molecule has 2 N–H and O–H groups in total. The van der Waals surface area contributed by atoms with Crippen LogP contribution in [0.15, 0.2) is 41.5 Å². The van der Waals surface area contributed by atoms with Gasteiger partial charge in [-0.2, -0.15) is 5.10 Å². The molecule has 2 aromatic rings. The predicted molar refractivity (Wildman–Crippen MR) is 106 cm³/mol.